The summed E-state index contributed by atoms with van der Waals surface area (Å²) in [6.45, 7) is 1.97. The molecule has 0 aliphatic rings. The van der Waals surface area contributed by atoms with Crippen LogP contribution in [0, 0.1) is 5.40 Å². The average molecular weight is 225 g/mol. The number of hydrogen-bond acceptors (Lipinski definition) is 2. The minimum atomic E-state index is -0.0482. The maximum atomic E-state index is 6.66. The molecule has 1 aromatic carbocycles. The van der Waals surface area contributed by atoms with E-state index in [1.807, 2.05) is 25.1 Å². The molecule has 0 spiro atoms. The smallest absolute Gasteiger partial charge is 0.206 e. The molecule has 0 aromatic heterocycles. The van der Waals surface area contributed by atoms with Gasteiger partial charge in [-0.1, -0.05) is 30.7 Å². The molecule has 0 unspecified atom stereocenters. The SMILES string of the molecule is [H]/N=C(\N)NN=C(CC)c1cccc(Cl)c1. The van der Waals surface area contributed by atoms with Crippen molar-refractivity contribution in [3.05, 3.63) is 34.9 Å². The van der Waals surface area contributed by atoms with E-state index in [-0.39, 0.29) is 5.96 Å². The van der Waals surface area contributed by atoms with Crippen molar-refractivity contribution in [2.75, 3.05) is 0 Å². The lowest BCUT2D eigenvalue weighted by atomic mass is 10.1. The molecule has 4 nitrogen and oxygen atoms in total. The number of hydrogen-bond donors (Lipinski definition) is 3. The van der Waals surface area contributed by atoms with E-state index in [0.717, 1.165) is 17.7 Å². The molecule has 80 valence electrons. The fourth-order valence-corrected chi connectivity index (χ4v) is 1.33. The van der Waals surface area contributed by atoms with Gasteiger partial charge in [-0.15, -0.1) is 0 Å². The molecule has 0 aliphatic carbocycles. The van der Waals surface area contributed by atoms with Crippen LogP contribution in [0.15, 0.2) is 29.4 Å². The van der Waals surface area contributed by atoms with Crippen molar-refractivity contribution in [2.24, 2.45) is 10.8 Å². The third-order valence-corrected chi connectivity index (χ3v) is 2.03. The van der Waals surface area contributed by atoms with E-state index in [1.165, 1.54) is 0 Å². The second-order valence-electron chi connectivity index (χ2n) is 2.92. The van der Waals surface area contributed by atoms with Gasteiger partial charge in [-0.05, 0) is 24.1 Å². The molecule has 1 aromatic rings. The first-order valence-corrected chi connectivity index (χ1v) is 4.91. The van der Waals surface area contributed by atoms with Gasteiger partial charge in [-0.3, -0.25) is 5.40 Å². The van der Waals surface area contributed by atoms with Crippen molar-refractivity contribution in [3.8, 4) is 0 Å². The molecule has 0 amide bonds. The van der Waals surface area contributed by atoms with Crippen LogP contribution in [0.25, 0.3) is 0 Å². The Bertz CT molecular complexity index is 417. The second-order valence-corrected chi connectivity index (χ2v) is 3.36. The second kappa shape index (κ2) is 5.36. The Balaban J connectivity index is 2.90. The third-order valence-electron chi connectivity index (χ3n) is 1.80. The van der Waals surface area contributed by atoms with E-state index in [1.54, 1.807) is 6.07 Å². The lowest BCUT2D eigenvalue weighted by Gasteiger charge is -2.04. The summed E-state index contributed by atoms with van der Waals surface area (Å²) in [6.07, 6.45) is 0.721. The highest BCUT2D eigenvalue weighted by Crippen LogP contribution is 2.12. The van der Waals surface area contributed by atoms with Crippen LogP contribution in [0.5, 0.6) is 0 Å². The van der Waals surface area contributed by atoms with Gasteiger partial charge in [0, 0.05) is 5.02 Å². The van der Waals surface area contributed by atoms with Crippen molar-refractivity contribution < 1.29 is 1.41 Å². The number of rotatable bonds is 3. The Labute approximate surface area is 95.1 Å². The van der Waals surface area contributed by atoms with Gasteiger partial charge in [0.1, 0.15) is 0 Å². The Kier molecular flexibility index (Phi) is 3.57. The summed E-state index contributed by atoms with van der Waals surface area (Å²) >= 11 is 5.88. The monoisotopic (exact) mass is 224 g/mol. The number of hydrazone groups is 1. The summed E-state index contributed by atoms with van der Waals surface area (Å²) in [5.74, 6) is -0.0482. The predicted octanol–water partition coefficient (Wildman–Crippen LogP) is 1.94. The summed E-state index contributed by atoms with van der Waals surface area (Å²) in [7, 11) is 0. The molecule has 0 radical (unpaired) electrons. The maximum absolute atomic E-state index is 6.66. The molecule has 1 rings (SSSR count). The molecule has 0 atom stereocenters. The summed E-state index contributed by atoms with van der Waals surface area (Å²) in [5.41, 5.74) is 9.51. The van der Waals surface area contributed by atoms with Crippen molar-refractivity contribution in [3.63, 3.8) is 0 Å². The zero-order valence-corrected chi connectivity index (χ0v) is 9.12. The van der Waals surface area contributed by atoms with Crippen LogP contribution >= 0.6 is 11.6 Å². The first-order valence-electron chi connectivity index (χ1n) is 4.98. The topological polar surface area (TPSA) is 74.3 Å². The fourth-order valence-electron chi connectivity index (χ4n) is 1.14. The molecule has 0 saturated heterocycles. The highest BCUT2D eigenvalue weighted by atomic mass is 35.5. The number of guanidine groups is 1. The zero-order chi connectivity index (χ0) is 12.0. The van der Waals surface area contributed by atoms with Gasteiger partial charge >= 0.3 is 0 Å². The van der Waals surface area contributed by atoms with Crippen LogP contribution in [0.4, 0.5) is 0 Å². The highest BCUT2D eigenvalue weighted by Gasteiger charge is 2.01. The Morgan fingerprint density at radius 3 is 3.13 bits per heavy atom. The standard InChI is InChI=1S/C10H13ClN4/c1-2-9(14-15-10(12)13)7-4-3-5-8(11)6-7/h3-6H,2H2,1H3,(H4,12,13,15). The molecule has 0 saturated carbocycles. The van der Waals surface area contributed by atoms with E-state index < -0.39 is 0 Å². The number of nitrogens with one attached hydrogen (secondary N) is 2. The lowest BCUT2D eigenvalue weighted by Crippen LogP contribution is -2.26. The van der Waals surface area contributed by atoms with Gasteiger partial charge in [0.15, 0.2) is 1.41 Å². The molecular formula is C10H13ClN4. The van der Waals surface area contributed by atoms with Crippen LogP contribution in [0.2, 0.25) is 6.43 Å². The average Bonchev–Trinajstić information content (AvgIpc) is 2.29. The predicted molar refractivity (Wildman–Crippen MR) is 63.3 cm³/mol. The minimum absolute atomic E-state index is 0.0482. The molecule has 0 bridgehead atoms. The third kappa shape index (κ3) is 3.59. The first-order chi connectivity index (χ1) is 7.67. The molecule has 5 heteroatoms. The minimum Gasteiger partial charge on any atom is -0.369 e. The van der Waals surface area contributed by atoms with Gasteiger partial charge in [0.25, 0.3) is 0 Å². The van der Waals surface area contributed by atoms with E-state index >= 15 is 0 Å². The molecule has 0 heterocycles. The van der Waals surface area contributed by atoms with Gasteiger partial charge < -0.3 is 5.73 Å². The van der Waals surface area contributed by atoms with Gasteiger partial charge in [0.2, 0.25) is 5.96 Å². The Morgan fingerprint density at radius 2 is 2.53 bits per heavy atom. The number of nitrogens with zero attached hydrogens (tertiary/aromatic N) is 1. The van der Waals surface area contributed by atoms with Crippen molar-refractivity contribution in [1.29, 1.82) is 5.40 Å². The number of nitrogens with two attached hydrogens (primary N) is 1. The normalized spacial score (nSPS) is 13.6. The van der Waals surface area contributed by atoms with Crippen LogP contribution in [0.3, 0.4) is 0 Å². The van der Waals surface area contributed by atoms with E-state index in [9.17, 15) is 0 Å². The van der Waals surface area contributed by atoms with E-state index in [0.29, 0.717) is 5.02 Å². The van der Waals surface area contributed by atoms with Crippen LogP contribution in [0.1, 0.15) is 18.9 Å². The summed E-state index contributed by atoms with van der Waals surface area (Å²) in [5, 5.41) is 7.72. The highest BCUT2D eigenvalue weighted by molar-refractivity contribution is 6.31. The zero-order valence-electron chi connectivity index (χ0n) is 9.37. The van der Waals surface area contributed by atoms with Crippen LogP contribution in [-0.4, -0.2) is 11.7 Å². The fraction of sp³-hybridized carbons (Fsp3) is 0.200. The van der Waals surface area contributed by atoms with Crippen LogP contribution in [-0.2, 0) is 0 Å². The molecule has 0 aliphatic heterocycles. The van der Waals surface area contributed by atoms with E-state index in [4.69, 9.17) is 18.7 Å². The summed E-state index contributed by atoms with van der Waals surface area (Å²) < 4.78 is 6.66. The number of benzene rings is 1. The molecular weight excluding hydrogens is 212 g/mol. The summed E-state index contributed by atoms with van der Waals surface area (Å²) in [4.78, 5) is 0. The van der Waals surface area contributed by atoms with Crippen LogP contribution < -0.4 is 11.2 Å². The van der Waals surface area contributed by atoms with Crippen molar-refractivity contribution in [2.45, 2.75) is 13.3 Å². The quantitative estimate of drug-likeness (QED) is 0.417. The van der Waals surface area contributed by atoms with E-state index in [2.05, 4.69) is 15.9 Å². The Morgan fingerprint density at radius 1 is 1.73 bits per heavy atom. The largest absolute Gasteiger partial charge is 0.369 e. The Hall–Kier alpha value is -1.55. The lowest BCUT2D eigenvalue weighted by molar-refractivity contribution is 0.980. The first kappa shape index (κ1) is 9.98. The van der Waals surface area contributed by atoms with Gasteiger partial charge in [-0.25, -0.2) is 5.43 Å². The molecule has 0 fully saturated rings. The summed E-state index contributed by atoms with van der Waals surface area (Å²) in [6, 6.07) is 7.37. The molecule has 4 N–H and O–H groups in total. The van der Waals surface area contributed by atoms with Gasteiger partial charge in [0.05, 0.1) is 5.71 Å². The van der Waals surface area contributed by atoms with Crippen molar-refractivity contribution in [1.82, 2.24) is 5.43 Å². The van der Waals surface area contributed by atoms with Gasteiger partial charge in [-0.2, -0.15) is 5.10 Å². The molecule has 15 heavy (non-hydrogen) atoms. The maximum Gasteiger partial charge on any atom is 0.206 e. The van der Waals surface area contributed by atoms with Crippen molar-refractivity contribution >= 4 is 23.3 Å². The number of halogens is 1.